The van der Waals surface area contributed by atoms with Crippen molar-refractivity contribution in [1.29, 1.82) is 0 Å². The lowest BCUT2D eigenvalue weighted by Gasteiger charge is -2.36. The molecule has 1 aromatic carbocycles. The predicted octanol–water partition coefficient (Wildman–Crippen LogP) is 2.17. The van der Waals surface area contributed by atoms with E-state index in [1.165, 1.54) is 6.33 Å². The van der Waals surface area contributed by atoms with Crippen molar-refractivity contribution in [2.75, 3.05) is 19.5 Å². The summed E-state index contributed by atoms with van der Waals surface area (Å²) in [5.41, 5.74) is 1.75. The third-order valence-corrected chi connectivity index (χ3v) is 4.60. The van der Waals surface area contributed by atoms with Gasteiger partial charge in [-0.1, -0.05) is 6.08 Å². The molecule has 2 atom stereocenters. The number of nitrogens with zero attached hydrogens (tertiary/aromatic N) is 3. The van der Waals surface area contributed by atoms with Crippen molar-refractivity contribution in [3.05, 3.63) is 41.9 Å². The zero-order chi connectivity index (χ0) is 16.7. The average molecular weight is 326 g/mol. The van der Waals surface area contributed by atoms with Crippen LogP contribution in [0.4, 0.5) is 5.95 Å². The summed E-state index contributed by atoms with van der Waals surface area (Å²) >= 11 is 0. The van der Waals surface area contributed by atoms with Gasteiger partial charge in [-0.25, -0.2) is 4.68 Å². The molecule has 0 bridgehead atoms. The van der Waals surface area contributed by atoms with Crippen molar-refractivity contribution in [2.45, 2.75) is 18.9 Å². The lowest BCUT2D eigenvalue weighted by Crippen LogP contribution is -2.38. The van der Waals surface area contributed by atoms with Crippen molar-refractivity contribution in [1.82, 2.24) is 14.8 Å². The third kappa shape index (κ3) is 2.16. The van der Waals surface area contributed by atoms with E-state index < -0.39 is 0 Å². The van der Waals surface area contributed by atoms with Crippen molar-refractivity contribution in [3.8, 4) is 11.5 Å². The summed E-state index contributed by atoms with van der Waals surface area (Å²) in [4.78, 5) is 16.9. The van der Waals surface area contributed by atoms with Gasteiger partial charge in [-0.05, 0) is 24.6 Å². The molecule has 0 amide bonds. The Labute approximate surface area is 139 Å². The normalized spacial score (nSPS) is 22.1. The summed E-state index contributed by atoms with van der Waals surface area (Å²) in [6.07, 6.45) is 4.84. The van der Waals surface area contributed by atoms with E-state index in [9.17, 15) is 4.79 Å². The number of nitrogens with one attached hydrogen (secondary N) is 1. The maximum absolute atomic E-state index is 12.7. The summed E-state index contributed by atoms with van der Waals surface area (Å²) in [5, 5.41) is 7.57. The van der Waals surface area contributed by atoms with Crippen LogP contribution in [0.2, 0.25) is 0 Å². The zero-order valence-corrected chi connectivity index (χ0v) is 13.5. The first kappa shape index (κ1) is 14.7. The van der Waals surface area contributed by atoms with Crippen molar-refractivity contribution >= 4 is 11.7 Å². The minimum atomic E-state index is -0.325. The number of fused-ring (bicyclic) bond motifs is 2. The van der Waals surface area contributed by atoms with Crippen LogP contribution >= 0.6 is 0 Å². The second-order valence-electron chi connectivity index (χ2n) is 5.85. The SMILES string of the molecule is COc1ccc(OC)c(C2C3C(=O)CCC=C3Nc3ncnn32)c1. The molecule has 1 N–H and O–H groups in total. The van der Waals surface area contributed by atoms with Crippen LogP contribution in [0.25, 0.3) is 0 Å². The highest BCUT2D eigenvalue weighted by Gasteiger charge is 2.42. The fourth-order valence-electron chi connectivity index (χ4n) is 3.50. The highest BCUT2D eigenvalue weighted by atomic mass is 16.5. The molecule has 124 valence electrons. The van der Waals surface area contributed by atoms with Crippen LogP contribution in [0.15, 0.2) is 36.3 Å². The maximum Gasteiger partial charge on any atom is 0.226 e. The summed E-state index contributed by atoms with van der Waals surface area (Å²) in [5.74, 6) is 1.90. The second-order valence-corrected chi connectivity index (χ2v) is 5.85. The van der Waals surface area contributed by atoms with E-state index in [0.29, 0.717) is 23.9 Å². The number of carbonyl (C=O) groups is 1. The number of hydrogen-bond donors (Lipinski definition) is 1. The summed E-state index contributed by atoms with van der Waals surface area (Å²) in [6, 6.07) is 5.28. The molecule has 0 spiro atoms. The topological polar surface area (TPSA) is 78.3 Å². The molecule has 2 aromatic rings. The molecule has 2 unspecified atom stereocenters. The van der Waals surface area contributed by atoms with Crippen LogP contribution in [0.3, 0.4) is 0 Å². The average Bonchev–Trinajstić information content (AvgIpc) is 3.07. The molecule has 1 aliphatic carbocycles. The first-order valence-electron chi connectivity index (χ1n) is 7.84. The van der Waals surface area contributed by atoms with Crippen molar-refractivity contribution in [3.63, 3.8) is 0 Å². The Morgan fingerprint density at radius 3 is 2.96 bits per heavy atom. The predicted molar refractivity (Wildman–Crippen MR) is 87.1 cm³/mol. The number of methoxy groups -OCH3 is 2. The quantitative estimate of drug-likeness (QED) is 0.931. The number of ether oxygens (including phenoxy) is 2. The molecule has 4 rings (SSSR count). The number of benzene rings is 1. The number of carbonyl (C=O) groups excluding carboxylic acids is 1. The highest BCUT2D eigenvalue weighted by molar-refractivity contribution is 5.87. The van der Waals surface area contributed by atoms with Crippen LogP contribution in [0, 0.1) is 5.92 Å². The molecule has 0 fully saturated rings. The maximum atomic E-state index is 12.7. The second kappa shape index (κ2) is 5.67. The molecule has 0 saturated carbocycles. The van der Waals surface area contributed by atoms with Crippen molar-refractivity contribution in [2.24, 2.45) is 5.92 Å². The largest absolute Gasteiger partial charge is 0.497 e. The van der Waals surface area contributed by atoms with Crippen LogP contribution < -0.4 is 14.8 Å². The van der Waals surface area contributed by atoms with Crippen LogP contribution in [0.5, 0.6) is 11.5 Å². The fourth-order valence-corrected chi connectivity index (χ4v) is 3.50. The molecule has 0 saturated heterocycles. The first-order chi connectivity index (χ1) is 11.7. The van der Waals surface area contributed by atoms with Crippen LogP contribution in [0.1, 0.15) is 24.4 Å². The monoisotopic (exact) mass is 326 g/mol. The Bertz CT molecular complexity index is 827. The minimum Gasteiger partial charge on any atom is -0.497 e. The fraction of sp³-hybridized carbons (Fsp3) is 0.353. The smallest absolute Gasteiger partial charge is 0.226 e. The Kier molecular flexibility index (Phi) is 3.48. The minimum absolute atomic E-state index is 0.191. The van der Waals surface area contributed by atoms with Gasteiger partial charge in [0, 0.05) is 17.7 Å². The number of aromatic nitrogens is 3. The van der Waals surface area contributed by atoms with Gasteiger partial charge >= 0.3 is 0 Å². The number of ketones is 1. The van der Waals surface area contributed by atoms with Crippen molar-refractivity contribution < 1.29 is 14.3 Å². The van der Waals surface area contributed by atoms with Gasteiger partial charge in [0.25, 0.3) is 0 Å². The highest BCUT2D eigenvalue weighted by Crippen LogP contribution is 2.44. The zero-order valence-electron chi connectivity index (χ0n) is 13.5. The van der Waals surface area contributed by atoms with Gasteiger partial charge in [-0.15, -0.1) is 0 Å². The number of hydrogen-bond acceptors (Lipinski definition) is 6. The molecule has 1 aliphatic heterocycles. The number of anilines is 1. The molecule has 0 radical (unpaired) electrons. The molecule has 2 aliphatic rings. The van der Waals surface area contributed by atoms with Gasteiger partial charge in [0.2, 0.25) is 5.95 Å². The summed E-state index contributed by atoms with van der Waals surface area (Å²) < 4.78 is 12.7. The van der Waals surface area contributed by atoms with Gasteiger partial charge in [-0.2, -0.15) is 10.1 Å². The van der Waals surface area contributed by atoms with E-state index in [-0.39, 0.29) is 17.7 Å². The van der Waals surface area contributed by atoms with E-state index in [1.54, 1.807) is 18.9 Å². The van der Waals surface area contributed by atoms with Gasteiger partial charge in [0.15, 0.2) is 0 Å². The van der Waals surface area contributed by atoms with E-state index in [4.69, 9.17) is 9.47 Å². The Balaban J connectivity index is 1.93. The Morgan fingerprint density at radius 2 is 2.17 bits per heavy atom. The van der Waals surface area contributed by atoms with Crippen LogP contribution in [-0.2, 0) is 4.79 Å². The molecular weight excluding hydrogens is 308 g/mol. The Morgan fingerprint density at radius 1 is 1.29 bits per heavy atom. The number of rotatable bonds is 3. The van der Waals surface area contributed by atoms with E-state index in [1.807, 2.05) is 18.2 Å². The van der Waals surface area contributed by atoms with Gasteiger partial charge < -0.3 is 14.8 Å². The molecule has 7 nitrogen and oxygen atoms in total. The summed E-state index contributed by atoms with van der Waals surface area (Å²) in [7, 11) is 3.24. The van der Waals surface area contributed by atoms with E-state index in [0.717, 1.165) is 17.7 Å². The number of Topliss-reactive ketones (excluding diaryl/α,β-unsaturated/α-hetero) is 1. The standard InChI is InChI=1S/C17H18N4O3/c1-23-10-6-7-14(24-2)11(8-10)16-15-12(4-3-5-13(15)22)20-17-18-9-19-21(16)17/h4,6-9,15-16H,3,5H2,1-2H3,(H,18,19,20). The van der Waals surface area contributed by atoms with Gasteiger partial charge in [-0.3, -0.25) is 4.79 Å². The first-order valence-corrected chi connectivity index (χ1v) is 7.84. The van der Waals surface area contributed by atoms with E-state index in [2.05, 4.69) is 21.5 Å². The molecule has 7 heteroatoms. The van der Waals surface area contributed by atoms with Gasteiger partial charge in [0.05, 0.1) is 26.2 Å². The third-order valence-electron chi connectivity index (χ3n) is 4.60. The molecule has 1 aromatic heterocycles. The molecule has 24 heavy (non-hydrogen) atoms. The molecule has 2 heterocycles. The van der Waals surface area contributed by atoms with Crippen LogP contribution in [-0.4, -0.2) is 34.8 Å². The lowest BCUT2D eigenvalue weighted by atomic mass is 9.80. The van der Waals surface area contributed by atoms with Gasteiger partial charge in [0.1, 0.15) is 23.6 Å². The summed E-state index contributed by atoms with van der Waals surface area (Å²) in [6.45, 7) is 0. The lowest BCUT2D eigenvalue weighted by molar-refractivity contribution is -0.123. The van der Waals surface area contributed by atoms with E-state index >= 15 is 0 Å². The molecular formula is C17H18N4O3. The number of allylic oxidation sites excluding steroid dienone is 2. The Hall–Kier alpha value is -2.83.